The lowest BCUT2D eigenvalue weighted by atomic mass is 10.1. The second kappa shape index (κ2) is 7.05. The van der Waals surface area contributed by atoms with E-state index in [1.165, 1.54) is 6.26 Å². The number of fused-ring (bicyclic) bond motifs is 1. The van der Waals surface area contributed by atoms with Crippen molar-refractivity contribution in [3.63, 3.8) is 0 Å². The first kappa shape index (κ1) is 16.5. The molecule has 1 amide bonds. The molecule has 0 fully saturated rings. The molecule has 0 atom stereocenters. The predicted molar refractivity (Wildman–Crippen MR) is 91.3 cm³/mol. The van der Waals surface area contributed by atoms with Crippen LogP contribution in [-0.2, 0) is 19.4 Å². The molecule has 128 valence electrons. The van der Waals surface area contributed by atoms with Gasteiger partial charge in [-0.3, -0.25) is 9.59 Å². The van der Waals surface area contributed by atoms with Crippen LogP contribution in [0.15, 0.2) is 39.7 Å². The van der Waals surface area contributed by atoms with Crippen LogP contribution in [0.4, 0.5) is 0 Å². The van der Waals surface area contributed by atoms with Crippen LogP contribution in [0.2, 0.25) is 0 Å². The third-order valence-corrected chi connectivity index (χ3v) is 4.45. The lowest BCUT2D eigenvalue weighted by Gasteiger charge is -2.19. The summed E-state index contributed by atoms with van der Waals surface area (Å²) in [5, 5.41) is 0. The maximum atomic E-state index is 12.5. The summed E-state index contributed by atoms with van der Waals surface area (Å²) >= 11 is 0. The molecule has 6 nitrogen and oxygen atoms in total. The Hall–Kier alpha value is -2.34. The maximum Gasteiger partial charge on any atom is 0.289 e. The molecule has 1 aliphatic rings. The van der Waals surface area contributed by atoms with E-state index in [1.54, 1.807) is 23.1 Å². The molecule has 3 rings (SSSR count). The van der Waals surface area contributed by atoms with E-state index in [2.05, 4.69) is 4.90 Å². The van der Waals surface area contributed by atoms with Gasteiger partial charge in [-0.05, 0) is 38.2 Å². The minimum absolute atomic E-state index is 0.0291. The molecular formula is C18H23N3O3. The van der Waals surface area contributed by atoms with Crippen molar-refractivity contribution in [3.8, 4) is 0 Å². The van der Waals surface area contributed by atoms with E-state index >= 15 is 0 Å². The van der Waals surface area contributed by atoms with Crippen LogP contribution in [0.5, 0.6) is 0 Å². The fraction of sp³-hybridized carbons (Fsp3) is 0.444. The molecule has 6 heteroatoms. The Kier molecular flexibility index (Phi) is 4.85. The molecule has 0 unspecified atom stereocenters. The van der Waals surface area contributed by atoms with Gasteiger partial charge in [0.25, 0.3) is 11.5 Å². The van der Waals surface area contributed by atoms with Gasteiger partial charge in [0.15, 0.2) is 5.76 Å². The van der Waals surface area contributed by atoms with E-state index in [-0.39, 0.29) is 11.5 Å². The van der Waals surface area contributed by atoms with Crippen LogP contribution >= 0.6 is 0 Å². The summed E-state index contributed by atoms with van der Waals surface area (Å²) < 4.78 is 7.08. The summed E-state index contributed by atoms with van der Waals surface area (Å²) in [7, 11) is 3.99. The molecule has 3 heterocycles. The standard InChI is InChI=1S/C18H23N3O3/c1-19(2)11-12-21-15-8-10-20(18(23)16-4-3-13-24-16)9-7-14(15)5-6-17(21)22/h3-6,13H,7-12H2,1-2H3. The summed E-state index contributed by atoms with van der Waals surface area (Å²) in [4.78, 5) is 28.6. The number of hydrogen-bond donors (Lipinski definition) is 0. The third kappa shape index (κ3) is 3.43. The normalized spacial score (nSPS) is 14.5. The Bertz CT molecular complexity index is 762. The lowest BCUT2D eigenvalue weighted by Crippen LogP contribution is -2.33. The highest BCUT2D eigenvalue weighted by Crippen LogP contribution is 2.16. The molecule has 0 spiro atoms. The van der Waals surface area contributed by atoms with E-state index in [4.69, 9.17) is 4.42 Å². The quantitative estimate of drug-likeness (QED) is 0.847. The van der Waals surface area contributed by atoms with Gasteiger partial charge in [-0.15, -0.1) is 0 Å². The number of furan rings is 1. The van der Waals surface area contributed by atoms with Gasteiger partial charge in [-0.1, -0.05) is 6.07 Å². The van der Waals surface area contributed by atoms with Gasteiger partial charge in [-0.25, -0.2) is 0 Å². The Labute approximate surface area is 141 Å². The van der Waals surface area contributed by atoms with Crippen molar-refractivity contribution in [2.24, 2.45) is 0 Å². The largest absolute Gasteiger partial charge is 0.459 e. The molecule has 0 radical (unpaired) electrons. The van der Waals surface area contributed by atoms with E-state index in [0.717, 1.165) is 24.2 Å². The molecule has 0 saturated carbocycles. The van der Waals surface area contributed by atoms with Crippen molar-refractivity contribution in [1.82, 2.24) is 14.4 Å². The predicted octanol–water partition coefficient (Wildman–Crippen LogP) is 1.24. The topological polar surface area (TPSA) is 58.7 Å². The summed E-state index contributed by atoms with van der Waals surface area (Å²) in [6.45, 7) is 2.71. The van der Waals surface area contributed by atoms with Crippen LogP contribution < -0.4 is 5.56 Å². The molecule has 0 aromatic carbocycles. The number of hydrogen-bond acceptors (Lipinski definition) is 4. The first-order valence-corrected chi connectivity index (χ1v) is 8.25. The van der Waals surface area contributed by atoms with Crippen molar-refractivity contribution in [1.29, 1.82) is 0 Å². The Morgan fingerprint density at radius 1 is 1.21 bits per heavy atom. The number of nitrogens with zero attached hydrogens (tertiary/aromatic N) is 3. The SMILES string of the molecule is CN(C)CCn1c2c(ccc1=O)CCN(C(=O)c1ccco1)CC2. The molecule has 0 saturated heterocycles. The van der Waals surface area contributed by atoms with Crippen molar-refractivity contribution in [2.45, 2.75) is 19.4 Å². The lowest BCUT2D eigenvalue weighted by molar-refractivity contribution is 0.0730. The zero-order chi connectivity index (χ0) is 17.1. The van der Waals surface area contributed by atoms with Gasteiger partial charge in [0.1, 0.15) is 0 Å². The van der Waals surface area contributed by atoms with Crippen LogP contribution in [0.3, 0.4) is 0 Å². The smallest absolute Gasteiger partial charge is 0.289 e. The number of amides is 1. The molecular weight excluding hydrogens is 306 g/mol. The van der Waals surface area contributed by atoms with Crippen molar-refractivity contribution in [2.75, 3.05) is 33.7 Å². The van der Waals surface area contributed by atoms with E-state index in [1.807, 2.05) is 24.7 Å². The fourth-order valence-corrected chi connectivity index (χ4v) is 3.10. The number of rotatable bonds is 4. The van der Waals surface area contributed by atoms with E-state index in [0.29, 0.717) is 31.8 Å². The monoisotopic (exact) mass is 329 g/mol. The van der Waals surface area contributed by atoms with Crippen LogP contribution in [0.1, 0.15) is 21.8 Å². The number of aromatic nitrogens is 1. The fourth-order valence-electron chi connectivity index (χ4n) is 3.10. The van der Waals surface area contributed by atoms with Gasteiger partial charge in [-0.2, -0.15) is 0 Å². The Balaban J connectivity index is 1.81. The van der Waals surface area contributed by atoms with Crippen molar-refractivity contribution in [3.05, 3.63) is 57.9 Å². The number of carbonyl (C=O) groups excluding carboxylic acids is 1. The second-order valence-corrected chi connectivity index (χ2v) is 6.37. The number of pyridine rings is 1. The summed E-state index contributed by atoms with van der Waals surface area (Å²) in [6.07, 6.45) is 2.95. The first-order valence-electron chi connectivity index (χ1n) is 8.25. The maximum absolute atomic E-state index is 12.5. The molecule has 0 N–H and O–H groups in total. The minimum atomic E-state index is -0.0880. The molecule has 2 aromatic heterocycles. The summed E-state index contributed by atoms with van der Waals surface area (Å²) in [6, 6.07) is 6.95. The Morgan fingerprint density at radius 3 is 2.71 bits per heavy atom. The zero-order valence-electron chi connectivity index (χ0n) is 14.2. The molecule has 0 aliphatic carbocycles. The molecule has 0 bridgehead atoms. The summed E-state index contributed by atoms with van der Waals surface area (Å²) in [5.74, 6) is 0.279. The van der Waals surface area contributed by atoms with Gasteiger partial charge in [0.05, 0.1) is 6.26 Å². The van der Waals surface area contributed by atoms with Gasteiger partial charge in [0.2, 0.25) is 0 Å². The molecule has 24 heavy (non-hydrogen) atoms. The average Bonchev–Trinajstić information content (AvgIpc) is 3.00. The average molecular weight is 329 g/mol. The second-order valence-electron chi connectivity index (χ2n) is 6.37. The van der Waals surface area contributed by atoms with E-state index < -0.39 is 0 Å². The van der Waals surface area contributed by atoms with Crippen LogP contribution in [0.25, 0.3) is 0 Å². The molecule has 2 aromatic rings. The van der Waals surface area contributed by atoms with Gasteiger partial charge < -0.3 is 18.8 Å². The Morgan fingerprint density at radius 2 is 2.00 bits per heavy atom. The first-order chi connectivity index (χ1) is 11.6. The number of likely N-dealkylation sites (N-methyl/N-ethyl adjacent to an activating group) is 1. The van der Waals surface area contributed by atoms with Crippen molar-refractivity contribution < 1.29 is 9.21 Å². The number of carbonyl (C=O) groups is 1. The van der Waals surface area contributed by atoms with E-state index in [9.17, 15) is 9.59 Å². The van der Waals surface area contributed by atoms with Crippen LogP contribution in [-0.4, -0.2) is 54.0 Å². The highest BCUT2D eigenvalue weighted by molar-refractivity contribution is 5.91. The highest BCUT2D eigenvalue weighted by Gasteiger charge is 2.23. The van der Waals surface area contributed by atoms with Crippen LogP contribution in [0, 0.1) is 0 Å². The minimum Gasteiger partial charge on any atom is -0.459 e. The highest BCUT2D eigenvalue weighted by atomic mass is 16.3. The van der Waals surface area contributed by atoms with Crippen molar-refractivity contribution >= 4 is 5.91 Å². The van der Waals surface area contributed by atoms with Gasteiger partial charge in [0, 0.05) is 44.4 Å². The third-order valence-electron chi connectivity index (χ3n) is 4.45. The zero-order valence-corrected chi connectivity index (χ0v) is 14.2. The molecule has 1 aliphatic heterocycles. The van der Waals surface area contributed by atoms with Gasteiger partial charge >= 0.3 is 0 Å². The summed E-state index contributed by atoms with van der Waals surface area (Å²) in [5.41, 5.74) is 2.24.